The molecule has 1 heterocycles. The molecule has 2 rings (SSSR count). The van der Waals surface area contributed by atoms with E-state index in [2.05, 4.69) is 40.1 Å². The van der Waals surface area contributed by atoms with Gasteiger partial charge in [0.1, 0.15) is 5.82 Å². The number of nitrogens with one attached hydrogen (secondary N) is 1. The van der Waals surface area contributed by atoms with E-state index in [4.69, 9.17) is 0 Å². The van der Waals surface area contributed by atoms with Gasteiger partial charge in [0.15, 0.2) is 0 Å². The van der Waals surface area contributed by atoms with Crippen LogP contribution in [0.2, 0.25) is 0 Å². The summed E-state index contributed by atoms with van der Waals surface area (Å²) in [6.07, 6.45) is 5.08. The van der Waals surface area contributed by atoms with Crippen LogP contribution >= 0.6 is 0 Å². The molecule has 1 fully saturated rings. The first-order valence-corrected chi connectivity index (χ1v) is 7.10. The highest BCUT2D eigenvalue weighted by atomic mass is 15.3. The van der Waals surface area contributed by atoms with Crippen LogP contribution in [0.3, 0.4) is 0 Å². The molecule has 4 nitrogen and oxygen atoms in total. The van der Waals surface area contributed by atoms with E-state index in [0.717, 1.165) is 30.5 Å². The maximum absolute atomic E-state index is 4.64. The second-order valence-electron chi connectivity index (χ2n) is 5.00. The van der Waals surface area contributed by atoms with E-state index in [0.29, 0.717) is 6.04 Å². The van der Waals surface area contributed by atoms with Crippen LogP contribution in [-0.4, -0.2) is 29.1 Å². The topological polar surface area (TPSA) is 41.1 Å². The smallest absolute Gasteiger partial charge is 0.224 e. The van der Waals surface area contributed by atoms with Crippen molar-refractivity contribution < 1.29 is 0 Å². The van der Waals surface area contributed by atoms with Gasteiger partial charge in [-0.25, -0.2) is 4.98 Å². The zero-order chi connectivity index (χ0) is 13.0. The Morgan fingerprint density at radius 1 is 1.33 bits per heavy atom. The van der Waals surface area contributed by atoms with E-state index in [1.165, 1.54) is 25.7 Å². The molecule has 100 valence electrons. The minimum atomic E-state index is 0.709. The Balaban J connectivity index is 2.17. The van der Waals surface area contributed by atoms with Crippen molar-refractivity contribution >= 4 is 11.8 Å². The zero-order valence-electron chi connectivity index (χ0n) is 11.7. The third kappa shape index (κ3) is 3.34. The highest BCUT2D eigenvalue weighted by Crippen LogP contribution is 2.31. The van der Waals surface area contributed by atoms with E-state index < -0.39 is 0 Å². The summed E-state index contributed by atoms with van der Waals surface area (Å²) in [6.45, 7) is 8.32. The number of hydrogen-bond donors (Lipinski definition) is 1. The molecule has 18 heavy (non-hydrogen) atoms. The molecule has 1 N–H and O–H groups in total. The largest absolute Gasteiger partial charge is 0.354 e. The SMILES string of the molecule is CCCCN(c1cc(C)nc(NCC)n1)C1CC1. The number of rotatable bonds is 7. The Kier molecular flexibility index (Phi) is 4.39. The molecular formula is C14H24N4. The quantitative estimate of drug-likeness (QED) is 0.805. The van der Waals surface area contributed by atoms with Gasteiger partial charge in [0.25, 0.3) is 0 Å². The van der Waals surface area contributed by atoms with Crippen molar-refractivity contribution in [2.45, 2.75) is 52.5 Å². The lowest BCUT2D eigenvalue weighted by molar-refractivity contribution is 0.703. The van der Waals surface area contributed by atoms with Gasteiger partial charge in [0.05, 0.1) is 0 Å². The Labute approximate surface area is 110 Å². The van der Waals surface area contributed by atoms with Gasteiger partial charge in [0.2, 0.25) is 5.95 Å². The third-order valence-corrected chi connectivity index (χ3v) is 3.21. The number of anilines is 2. The van der Waals surface area contributed by atoms with Crippen LogP contribution in [-0.2, 0) is 0 Å². The van der Waals surface area contributed by atoms with Crippen LogP contribution in [0, 0.1) is 6.92 Å². The maximum atomic E-state index is 4.64. The summed E-state index contributed by atoms with van der Waals surface area (Å²) < 4.78 is 0. The van der Waals surface area contributed by atoms with Crippen LogP contribution in [0.15, 0.2) is 6.07 Å². The van der Waals surface area contributed by atoms with Crippen LogP contribution < -0.4 is 10.2 Å². The van der Waals surface area contributed by atoms with Crippen LogP contribution in [0.5, 0.6) is 0 Å². The first kappa shape index (κ1) is 13.1. The molecular weight excluding hydrogens is 224 g/mol. The first-order valence-electron chi connectivity index (χ1n) is 7.10. The molecule has 1 saturated carbocycles. The van der Waals surface area contributed by atoms with Crippen LogP contribution in [0.1, 0.15) is 45.2 Å². The lowest BCUT2D eigenvalue weighted by Crippen LogP contribution is -2.28. The van der Waals surface area contributed by atoms with Gasteiger partial charge in [-0.3, -0.25) is 0 Å². The molecule has 4 heteroatoms. The van der Waals surface area contributed by atoms with E-state index in [9.17, 15) is 0 Å². The Bertz CT molecular complexity index is 387. The summed E-state index contributed by atoms with van der Waals surface area (Å²) >= 11 is 0. The van der Waals surface area contributed by atoms with Gasteiger partial charge in [-0.05, 0) is 33.1 Å². The first-order chi connectivity index (χ1) is 8.74. The van der Waals surface area contributed by atoms with Crippen molar-refractivity contribution in [2.75, 3.05) is 23.3 Å². The zero-order valence-corrected chi connectivity index (χ0v) is 11.7. The van der Waals surface area contributed by atoms with Gasteiger partial charge in [0, 0.05) is 30.9 Å². The average Bonchev–Trinajstić information content (AvgIpc) is 3.14. The molecule has 1 aromatic heterocycles. The summed E-state index contributed by atoms with van der Waals surface area (Å²) in [5, 5.41) is 3.21. The molecule has 0 saturated heterocycles. The van der Waals surface area contributed by atoms with Crippen molar-refractivity contribution in [3.05, 3.63) is 11.8 Å². The van der Waals surface area contributed by atoms with Crippen molar-refractivity contribution in [3.8, 4) is 0 Å². The van der Waals surface area contributed by atoms with E-state index in [-0.39, 0.29) is 0 Å². The Hall–Kier alpha value is -1.32. The number of aromatic nitrogens is 2. The number of unbranched alkanes of at least 4 members (excludes halogenated alkanes) is 1. The molecule has 0 aromatic carbocycles. The van der Waals surface area contributed by atoms with Gasteiger partial charge in [-0.2, -0.15) is 4.98 Å². The predicted molar refractivity (Wildman–Crippen MR) is 76.2 cm³/mol. The normalized spacial score (nSPS) is 14.6. The fraction of sp³-hybridized carbons (Fsp3) is 0.714. The standard InChI is InChI=1S/C14H24N4/c1-4-6-9-18(12-7-8-12)13-10-11(3)16-14(17-13)15-5-2/h10,12H,4-9H2,1-3H3,(H,15,16,17). The lowest BCUT2D eigenvalue weighted by atomic mass is 10.3. The second-order valence-corrected chi connectivity index (χ2v) is 5.00. The summed E-state index contributed by atoms with van der Waals surface area (Å²) in [4.78, 5) is 11.5. The van der Waals surface area contributed by atoms with Crippen LogP contribution in [0.25, 0.3) is 0 Å². The molecule has 1 aliphatic carbocycles. The van der Waals surface area contributed by atoms with E-state index >= 15 is 0 Å². The van der Waals surface area contributed by atoms with Crippen molar-refractivity contribution in [1.29, 1.82) is 0 Å². The summed E-state index contributed by atoms with van der Waals surface area (Å²) in [5.41, 5.74) is 1.04. The van der Waals surface area contributed by atoms with Crippen molar-refractivity contribution in [3.63, 3.8) is 0 Å². The van der Waals surface area contributed by atoms with Gasteiger partial charge in [-0.15, -0.1) is 0 Å². The highest BCUT2D eigenvalue weighted by molar-refractivity contribution is 5.46. The molecule has 1 aromatic rings. The molecule has 0 aliphatic heterocycles. The molecule has 1 aliphatic rings. The molecule has 0 atom stereocenters. The Morgan fingerprint density at radius 3 is 2.72 bits per heavy atom. The third-order valence-electron chi connectivity index (χ3n) is 3.21. The number of aryl methyl sites for hydroxylation is 1. The van der Waals surface area contributed by atoms with Crippen LogP contribution in [0.4, 0.5) is 11.8 Å². The predicted octanol–water partition coefficient (Wildman–Crippen LogP) is 2.99. The van der Waals surface area contributed by atoms with Gasteiger partial charge in [-0.1, -0.05) is 13.3 Å². The lowest BCUT2D eigenvalue weighted by Gasteiger charge is -2.24. The maximum Gasteiger partial charge on any atom is 0.224 e. The summed E-state index contributed by atoms with van der Waals surface area (Å²) in [7, 11) is 0. The highest BCUT2D eigenvalue weighted by Gasteiger charge is 2.29. The van der Waals surface area contributed by atoms with E-state index in [1.54, 1.807) is 0 Å². The summed E-state index contributed by atoms with van der Waals surface area (Å²) in [5.74, 6) is 1.85. The average molecular weight is 248 g/mol. The fourth-order valence-corrected chi connectivity index (χ4v) is 2.14. The molecule has 0 unspecified atom stereocenters. The molecule has 0 bridgehead atoms. The van der Waals surface area contributed by atoms with Crippen molar-refractivity contribution in [1.82, 2.24) is 9.97 Å². The van der Waals surface area contributed by atoms with E-state index in [1.807, 2.05) is 6.92 Å². The van der Waals surface area contributed by atoms with Gasteiger partial charge < -0.3 is 10.2 Å². The Morgan fingerprint density at radius 2 is 2.11 bits per heavy atom. The van der Waals surface area contributed by atoms with Gasteiger partial charge >= 0.3 is 0 Å². The minimum Gasteiger partial charge on any atom is -0.354 e. The van der Waals surface area contributed by atoms with Crippen molar-refractivity contribution in [2.24, 2.45) is 0 Å². The summed E-state index contributed by atoms with van der Waals surface area (Å²) in [6, 6.07) is 2.81. The molecule has 0 amide bonds. The molecule has 0 radical (unpaired) electrons. The second kappa shape index (κ2) is 6.03. The fourth-order valence-electron chi connectivity index (χ4n) is 2.14. The number of nitrogens with zero attached hydrogens (tertiary/aromatic N) is 3. The monoisotopic (exact) mass is 248 g/mol. The minimum absolute atomic E-state index is 0.709. The molecule has 0 spiro atoms. The number of hydrogen-bond acceptors (Lipinski definition) is 4.